The van der Waals surface area contributed by atoms with Crippen molar-refractivity contribution in [2.75, 3.05) is 0 Å². The minimum atomic E-state index is -1.45. The first-order valence-electron chi connectivity index (χ1n) is 7.43. The molecule has 0 fully saturated rings. The first-order chi connectivity index (χ1) is 11.1. The summed E-state index contributed by atoms with van der Waals surface area (Å²) in [5.74, 6) is -9.53. The average Bonchev–Trinajstić information content (AvgIpc) is 2.46. The average molecular weight is 338 g/mol. The number of allylic oxidation sites excluding steroid dienone is 1. The molecule has 2 aliphatic carbocycles. The number of carboxylic acids is 4. The molecule has 0 aliphatic heterocycles. The van der Waals surface area contributed by atoms with Gasteiger partial charge in [0.15, 0.2) is 0 Å². The lowest BCUT2D eigenvalue weighted by Crippen LogP contribution is -2.42. The fourth-order valence-electron chi connectivity index (χ4n) is 3.91. The van der Waals surface area contributed by atoms with E-state index in [4.69, 9.17) is 0 Å². The number of hydrogen-bond donors (Lipinski definition) is 4. The summed E-state index contributed by atoms with van der Waals surface area (Å²) >= 11 is 0. The van der Waals surface area contributed by atoms with Crippen LogP contribution in [-0.2, 0) is 19.2 Å². The Morgan fingerprint density at radius 3 is 1.96 bits per heavy atom. The largest absolute Gasteiger partial charge is 0.481 e. The first-order valence-corrected chi connectivity index (χ1v) is 7.43. The van der Waals surface area contributed by atoms with E-state index in [2.05, 4.69) is 0 Å². The molecule has 8 nitrogen and oxygen atoms in total. The molecule has 0 bridgehead atoms. The predicted octanol–water partition coefficient (Wildman–Crippen LogP) is 1.23. The fourth-order valence-corrected chi connectivity index (χ4v) is 3.91. The SMILES string of the molecule is CC1=C(C(=O)O)CC(C(=O)O)C2=C1C(C(=O)O)C(C(=O)O)CC2C. The Labute approximate surface area is 137 Å². The van der Waals surface area contributed by atoms with Crippen LogP contribution in [0.15, 0.2) is 22.3 Å². The van der Waals surface area contributed by atoms with E-state index >= 15 is 0 Å². The van der Waals surface area contributed by atoms with Crippen LogP contribution in [0, 0.1) is 23.7 Å². The summed E-state index contributed by atoms with van der Waals surface area (Å²) in [4.78, 5) is 46.3. The number of carboxylic acid groups (broad SMARTS) is 4. The van der Waals surface area contributed by atoms with Gasteiger partial charge in [0.2, 0.25) is 0 Å². The summed E-state index contributed by atoms with van der Waals surface area (Å²) in [6.45, 7) is 3.07. The van der Waals surface area contributed by atoms with Crippen molar-refractivity contribution in [1.29, 1.82) is 0 Å². The van der Waals surface area contributed by atoms with Crippen molar-refractivity contribution in [2.45, 2.75) is 26.7 Å². The maximum Gasteiger partial charge on any atom is 0.331 e. The summed E-state index contributed by atoms with van der Waals surface area (Å²) in [5.41, 5.74) is 0.394. The fraction of sp³-hybridized carbons (Fsp3) is 0.500. The van der Waals surface area contributed by atoms with Crippen molar-refractivity contribution < 1.29 is 39.6 Å². The Hall–Kier alpha value is -2.64. The number of carbonyl (C=O) groups is 4. The Balaban J connectivity index is 2.79. The molecule has 0 aromatic carbocycles. The molecule has 0 radical (unpaired) electrons. The third-order valence-electron chi connectivity index (χ3n) is 4.94. The molecule has 0 spiro atoms. The van der Waals surface area contributed by atoms with Crippen LogP contribution >= 0.6 is 0 Å². The summed E-state index contributed by atoms with van der Waals surface area (Å²) in [6.07, 6.45) is -0.228. The van der Waals surface area contributed by atoms with Crippen LogP contribution < -0.4 is 0 Å². The van der Waals surface area contributed by atoms with Gasteiger partial charge in [-0.05, 0) is 42.4 Å². The number of hydrogen-bond acceptors (Lipinski definition) is 4. The lowest BCUT2D eigenvalue weighted by Gasteiger charge is -2.40. The molecule has 0 amide bonds. The lowest BCUT2D eigenvalue weighted by atomic mass is 9.62. The third-order valence-corrected chi connectivity index (χ3v) is 4.94. The lowest BCUT2D eigenvalue weighted by molar-refractivity contribution is -0.153. The molecule has 4 N–H and O–H groups in total. The zero-order chi connectivity index (χ0) is 18.3. The smallest absolute Gasteiger partial charge is 0.331 e. The van der Waals surface area contributed by atoms with Crippen LogP contribution in [0.2, 0.25) is 0 Å². The van der Waals surface area contributed by atoms with Crippen LogP contribution in [0.3, 0.4) is 0 Å². The molecular formula is C16H18O8. The summed E-state index contributed by atoms with van der Waals surface area (Å²) in [7, 11) is 0. The van der Waals surface area contributed by atoms with Crippen molar-refractivity contribution in [2.24, 2.45) is 23.7 Å². The van der Waals surface area contributed by atoms with Gasteiger partial charge in [0, 0.05) is 5.57 Å². The van der Waals surface area contributed by atoms with Gasteiger partial charge in [0.25, 0.3) is 0 Å². The highest BCUT2D eigenvalue weighted by atomic mass is 16.4. The maximum absolute atomic E-state index is 11.7. The summed E-state index contributed by atoms with van der Waals surface area (Å²) in [5, 5.41) is 37.7. The van der Waals surface area contributed by atoms with Crippen LogP contribution in [0.5, 0.6) is 0 Å². The topological polar surface area (TPSA) is 149 Å². The van der Waals surface area contributed by atoms with Crippen molar-refractivity contribution in [3.8, 4) is 0 Å². The van der Waals surface area contributed by atoms with E-state index in [1.165, 1.54) is 6.92 Å². The second-order valence-corrected chi connectivity index (χ2v) is 6.27. The highest BCUT2D eigenvalue weighted by Crippen LogP contribution is 2.49. The molecule has 130 valence electrons. The van der Waals surface area contributed by atoms with E-state index in [-0.39, 0.29) is 29.6 Å². The Kier molecular flexibility index (Phi) is 4.50. The van der Waals surface area contributed by atoms with Gasteiger partial charge < -0.3 is 20.4 Å². The third kappa shape index (κ3) is 2.68. The van der Waals surface area contributed by atoms with Gasteiger partial charge in [0.05, 0.1) is 17.8 Å². The zero-order valence-electron chi connectivity index (χ0n) is 13.1. The number of rotatable bonds is 4. The molecule has 4 unspecified atom stereocenters. The van der Waals surface area contributed by atoms with Crippen LogP contribution in [-0.4, -0.2) is 44.3 Å². The van der Waals surface area contributed by atoms with Gasteiger partial charge in [0.1, 0.15) is 0 Å². The van der Waals surface area contributed by atoms with Crippen molar-refractivity contribution in [3.05, 3.63) is 22.3 Å². The van der Waals surface area contributed by atoms with Crippen LogP contribution in [0.4, 0.5) is 0 Å². The molecule has 4 atom stereocenters. The van der Waals surface area contributed by atoms with E-state index < -0.39 is 47.5 Å². The predicted molar refractivity (Wildman–Crippen MR) is 79.1 cm³/mol. The van der Waals surface area contributed by atoms with E-state index in [9.17, 15) is 39.6 Å². The summed E-state index contributed by atoms with van der Waals surface area (Å²) in [6, 6.07) is 0. The van der Waals surface area contributed by atoms with Gasteiger partial charge in [-0.2, -0.15) is 0 Å². The highest BCUT2D eigenvalue weighted by molar-refractivity contribution is 5.93. The van der Waals surface area contributed by atoms with Gasteiger partial charge in [-0.3, -0.25) is 14.4 Å². The second-order valence-electron chi connectivity index (χ2n) is 6.27. The van der Waals surface area contributed by atoms with E-state index in [1.54, 1.807) is 6.92 Å². The van der Waals surface area contributed by atoms with E-state index in [1.807, 2.05) is 0 Å². The number of aliphatic carboxylic acids is 4. The molecule has 0 aromatic rings. The standard InChI is InChI=1S/C16H18O8/c1-5-3-8(14(19)20)12(16(23)24)11-6(2)7(13(17)18)4-9(10(5)11)15(21)22/h5,8-9,12H,3-4H2,1-2H3,(H,17,18)(H,19,20)(H,21,22)(H,23,24). The molecule has 24 heavy (non-hydrogen) atoms. The minimum Gasteiger partial charge on any atom is -0.481 e. The zero-order valence-corrected chi connectivity index (χ0v) is 13.1. The molecule has 2 rings (SSSR count). The molecular weight excluding hydrogens is 320 g/mol. The first kappa shape index (κ1) is 17.7. The maximum atomic E-state index is 11.7. The molecule has 2 aliphatic rings. The molecule has 0 aromatic heterocycles. The van der Waals surface area contributed by atoms with Gasteiger partial charge >= 0.3 is 23.9 Å². The minimum absolute atomic E-state index is 0.00456. The van der Waals surface area contributed by atoms with Gasteiger partial charge in [-0.1, -0.05) is 6.92 Å². The van der Waals surface area contributed by atoms with Crippen molar-refractivity contribution in [3.63, 3.8) is 0 Å². The van der Waals surface area contributed by atoms with E-state index in [0.717, 1.165) is 0 Å². The van der Waals surface area contributed by atoms with Crippen molar-refractivity contribution >= 4 is 23.9 Å². The Bertz CT molecular complexity index is 699. The van der Waals surface area contributed by atoms with Gasteiger partial charge in [-0.15, -0.1) is 0 Å². The van der Waals surface area contributed by atoms with Gasteiger partial charge in [-0.25, -0.2) is 4.79 Å². The molecule has 8 heteroatoms. The Morgan fingerprint density at radius 1 is 0.958 bits per heavy atom. The van der Waals surface area contributed by atoms with Crippen molar-refractivity contribution in [1.82, 2.24) is 0 Å². The Morgan fingerprint density at radius 2 is 1.54 bits per heavy atom. The normalized spacial score (nSPS) is 29.9. The molecule has 0 saturated carbocycles. The van der Waals surface area contributed by atoms with E-state index in [0.29, 0.717) is 5.57 Å². The quantitative estimate of drug-likeness (QED) is 0.598. The van der Waals surface area contributed by atoms with Crippen LogP contribution in [0.1, 0.15) is 26.7 Å². The molecule has 0 heterocycles. The summed E-state index contributed by atoms with van der Waals surface area (Å²) < 4.78 is 0. The molecule has 0 saturated heterocycles. The second kappa shape index (κ2) is 6.10. The monoisotopic (exact) mass is 338 g/mol. The highest BCUT2D eigenvalue weighted by Gasteiger charge is 2.49. The van der Waals surface area contributed by atoms with Crippen LogP contribution in [0.25, 0.3) is 0 Å².